The Morgan fingerprint density at radius 1 is 1.25 bits per heavy atom. The van der Waals surface area contributed by atoms with Crippen LogP contribution < -0.4 is 10.1 Å². The number of nitrogens with zero attached hydrogens (tertiary/aromatic N) is 1. The van der Waals surface area contributed by atoms with Crippen LogP contribution in [0.25, 0.3) is 11.5 Å². The summed E-state index contributed by atoms with van der Waals surface area (Å²) >= 11 is 1.39. The van der Waals surface area contributed by atoms with E-state index in [4.69, 9.17) is 9.15 Å². The predicted octanol–water partition coefficient (Wildman–Crippen LogP) is 4.29. The standard InChI is InChI=1S/C18H18N2O3S/c1-12-3-9-16(23-12)15-11-24-18(19-15)20-17(21)10-6-13-4-7-14(22-2)8-5-13/h3-5,7-9,11H,6,10H2,1-2H3,(H,19,20,21). The number of nitrogens with one attached hydrogen (secondary N) is 1. The van der Waals surface area contributed by atoms with E-state index in [9.17, 15) is 4.79 Å². The fourth-order valence-corrected chi connectivity index (χ4v) is 2.96. The molecule has 0 radical (unpaired) electrons. The normalized spacial score (nSPS) is 10.6. The maximum Gasteiger partial charge on any atom is 0.226 e. The number of aryl methyl sites for hydroxylation is 2. The number of carbonyl (C=O) groups is 1. The molecule has 0 fully saturated rings. The summed E-state index contributed by atoms with van der Waals surface area (Å²) in [5.74, 6) is 2.31. The van der Waals surface area contributed by atoms with Crippen molar-refractivity contribution >= 4 is 22.4 Å². The second kappa shape index (κ2) is 7.31. The molecule has 2 aromatic heterocycles. The second-order valence-corrected chi connectivity index (χ2v) is 6.20. The average molecular weight is 342 g/mol. The van der Waals surface area contributed by atoms with Crippen molar-refractivity contribution in [3.63, 3.8) is 0 Å². The lowest BCUT2D eigenvalue weighted by Crippen LogP contribution is -2.12. The van der Waals surface area contributed by atoms with Crippen LogP contribution >= 0.6 is 11.3 Å². The first-order chi connectivity index (χ1) is 11.6. The van der Waals surface area contributed by atoms with Crippen molar-refractivity contribution < 1.29 is 13.9 Å². The number of ether oxygens (including phenoxy) is 1. The number of furan rings is 1. The number of rotatable bonds is 6. The number of aromatic nitrogens is 1. The molecular formula is C18H18N2O3S. The summed E-state index contributed by atoms with van der Waals surface area (Å²) in [6, 6.07) is 11.5. The first kappa shape index (κ1) is 16.3. The second-order valence-electron chi connectivity index (χ2n) is 5.34. The molecule has 0 aliphatic rings. The molecule has 3 rings (SSSR count). The highest BCUT2D eigenvalue weighted by atomic mass is 32.1. The van der Waals surface area contributed by atoms with Gasteiger partial charge in [-0.25, -0.2) is 4.98 Å². The molecule has 1 N–H and O–H groups in total. The van der Waals surface area contributed by atoms with Gasteiger partial charge in [-0.05, 0) is 43.2 Å². The lowest BCUT2D eigenvalue weighted by Gasteiger charge is -2.04. The molecule has 0 spiro atoms. The van der Waals surface area contributed by atoms with Crippen LogP contribution in [0.2, 0.25) is 0 Å². The molecule has 1 amide bonds. The number of hydrogen-bond donors (Lipinski definition) is 1. The fourth-order valence-electron chi connectivity index (χ4n) is 2.25. The Bertz CT molecular complexity index is 821. The number of benzene rings is 1. The van der Waals surface area contributed by atoms with E-state index in [1.807, 2.05) is 48.7 Å². The molecule has 3 aromatic rings. The Labute approximate surface area is 144 Å². The van der Waals surface area contributed by atoms with Crippen LogP contribution in [0.5, 0.6) is 5.75 Å². The maximum atomic E-state index is 12.1. The smallest absolute Gasteiger partial charge is 0.226 e. The first-order valence-corrected chi connectivity index (χ1v) is 8.47. The highest BCUT2D eigenvalue weighted by Crippen LogP contribution is 2.26. The van der Waals surface area contributed by atoms with Gasteiger partial charge in [0.15, 0.2) is 10.9 Å². The Kier molecular flexibility index (Phi) is 4.96. The van der Waals surface area contributed by atoms with Gasteiger partial charge in [0, 0.05) is 11.8 Å². The molecule has 2 heterocycles. The molecule has 24 heavy (non-hydrogen) atoms. The molecule has 0 atom stereocenters. The molecule has 124 valence electrons. The molecule has 0 aliphatic carbocycles. The maximum absolute atomic E-state index is 12.1. The van der Waals surface area contributed by atoms with Gasteiger partial charge in [-0.2, -0.15) is 0 Å². The summed E-state index contributed by atoms with van der Waals surface area (Å²) in [7, 11) is 1.63. The number of thiazole rings is 1. The van der Waals surface area contributed by atoms with Crippen LogP contribution in [0.4, 0.5) is 5.13 Å². The Morgan fingerprint density at radius 3 is 2.71 bits per heavy atom. The Balaban J connectivity index is 1.54. The van der Waals surface area contributed by atoms with Gasteiger partial charge in [-0.15, -0.1) is 11.3 Å². The third-order valence-electron chi connectivity index (χ3n) is 3.54. The molecule has 0 saturated heterocycles. The summed E-state index contributed by atoms with van der Waals surface area (Å²) in [6.07, 6.45) is 1.08. The summed E-state index contributed by atoms with van der Waals surface area (Å²) in [4.78, 5) is 16.5. The molecule has 1 aromatic carbocycles. The van der Waals surface area contributed by atoms with Crippen LogP contribution in [0.1, 0.15) is 17.7 Å². The molecule has 0 unspecified atom stereocenters. The zero-order chi connectivity index (χ0) is 16.9. The van der Waals surface area contributed by atoms with Crippen molar-refractivity contribution in [3.05, 3.63) is 53.1 Å². The van der Waals surface area contributed by atoms with E-state index in [0.29, 0.717) is 23.7 Å². The number of anilines is 1. The van der Waals surface area contributed by atoms with Crippen LogP contribution in [0.15, 0.2) is 46.2 Å². The SMILES string of the molecule is COc1ccc(CCC(=O)Nc2nc(-c3ccc(C)o3)cs2)cc1. The highest BCUT2D eigenvalue weighted by Gasteiger charge is 2.10. The van der Waals surface area contributed by atoms with Gasteiger partial charge in [-0.1, -0.05) is 12.1 Å². The van der Waals surface area contributed by atoms with Crippen molar-refractivity contribution in [1.82, 2.24) is 4.98 Å². The molecule has 6 heteroatoms. The lowest BCUT2D eigenvalue weighted by atomic mass is 10.1. The molecule has 0 saturated carbocycles. The quantitative estimate of drug-likeness (QED) is 0.726. The minimum Gasteiger partial charge on any atom is -0.497 e. The van der Waals surface area contributed by atoms with E-state index in [1.54, 1.807) is 7.11 Å². The van der Waals surface area contributed by atoms with Gasteiger partial charge < -0.3 is 14.5 Å². The minimum absolute atomic E-state index is 0.0534. The van der Waals surface area contributed by atoms with E-state index in [1.165, 1.54) is 11.3 Å². The van der Waals surface area contributed by atoms with Crippen molar-refractivity contribution in [2.45, 2.75) is 19.8 Å². The van der Waals surface area contributed by atoms with Gasteiger partial charge in [-0.3, -0.25) is 4.79 Å². The summed E-state index contributed by atoms with van der Waals surface area (Å²) < 4.78 is 10.7. The lowest BCUT2D eigenvalue weighted by molar-refractivity contribution is -0.116. The van der Waals surface area contributed by atoms with Gasteiger partial charge in [0.05, 0.1) is 7.11 Å². The fraction of sp³-hybridized carbons (Fsp3) is 0.222. The Hall–Kier alpha value is -2.60. The molecular weight excluding hydrogens is 324 g/mol. The zero-order valence-corrected chi connectivity index (χ0v) is 14.4. The van der Waals surface area contributed by atoms with E-state index in [0.717, 1.165) is 22.8 Å². The Morgan fingerprint density at radius 2 is 2.04 bits per heavy atom. The molecule has 0 bridgehead atoms. The number of hydrogen-bond acceptors (Lipinski definition) is 5. The zero-order valence-electron chi connectivity index (χ0n) is 13.5. The number of amides is 1. The number of carbonyl (C=O) groups excluding carboxylic acids is 1. The molecule has 5 nitrogen and oxygen atoms in total. The van der Waals surface area contributed by atoms with Crippen LogP contribution in [0.3, 0.4) is 0 Å². The third-order valence-corrected chi connectivity index (χ3v) is 4.30. The van der Waals surface area contributed by atoms with Crippen molar-refractivity contribution in [1.29, 1.82) is 0 Å². The van der Waals surface area contributed by atoms with E-state index < -0.39 is 0 Å². The van der Waals surface area contributed by atoms with Crippen molar-refractivity contribution in [2.75, 3.05) is 12.4 Å². The van der Waals surface area contributed by atoms with E-state index in [-0.39, 0.29) is 5.91 Å². The van der Waals surface area contributed by atoms with Gasteiger partial charge >= 0.3 is 0 Å². The average Bonchev–Trinajstić information content (AvgIpc) is 3.22. The third kappa shape index (κ3) is 4.02. The van der Waals surface area contributed by atoms with Crippen molar-refractivity contribution in [3.8, 4) is 17.2 Å². The highest BCUT2D eigenvalue weighted by molar-refractivity contribution is 7.14. The minimum atomic E-state index is -0.0534. The summed E-state index contributed by atoms with van der Waals surface area (Å²) in [5, 5.41) is 5.29. The predicted molar refractivity (Wildman–Crippen MR) is 94.5 cm³/mol. The van der Waals surface area contributed by atoms with Gasteiger partial charge in [0.25, 0.3) is 0 Å². The number of methoxy groups -OCH3 is 1. The largest absolute Gasteiger partial charge is 0.497 e. The van der Waals surface area contributed by atoms with Crippen molar-refractivity contribution in [2.24, 2.45) is 0 Å². The summed E-state index contributed by atoms with van der Waals surface area (Å²) in [5.41, 5.74) is 1.83. The van der Waals surface area contributed by atoms with E-state index >= 15 is 0 Å². The summed E-state index contributed by atoms with van der Waals surface area (Å²) in [6.45, 7) is 1.89. The van der Waals surface area contributed by atoms with Crippen LogP contribution in [-0.2, 0) is 11.2 Å². The van der Waals surface area contributed by atoms with Crippen LogP contribution in [-0.4, -0.2) is 18.0 Å². The topological polar surface area (TPSA) is 64.4 Å². The van der Waals surface area contributed by atoms with Crippen LogP contribution in [0, 0.1) is 6.92 Å². The monoisotopic (exact) mass is 342 g/mol. The first-order valence-electron chi connectivity index (χ1n) is 7.59. The van der Waals surface area contributed by atoms with Gasteiger partial charge in [0.2, 0.25) is 5.91 Å². The molecule has 0 aliphatic heterocycles. The van der Waals surface area contributed by atoms with E-state index in [2.05, 4.69) is 10.3 Å². The van der Waals surface area contributed by atoms with Gasteiger partial charge in [0.1, 0.15) is 17.2 Å².